The third-order valence-corrected chi connectivity index (χ3v) is 2.97. The van der Waals surface area contributed by atoms with E-state index >= 15 is 0 Å². The number of benzene rings is 1. The van der Waals surface area contributed by atoms with Gasteiger partial charge in [-0.15, -0.1) is 0 Å². The molecular formula is C15H19Br. The third kappa shape index (κ3) is 5.92. The van der Waals surface area contributed by atoms with Crippen molar-refractivity contribution < 1.29 is 0 Å². The summed E-state index contributed by atoms with van der Waals surface area (Å²) >= 11 is 3.56. The first-order chi connectivity index (χ1) is 7.83. The number of hydrogen-bond donors (Lipinski definition) is 0. The number of allylic oxidation sites excluding steroid dienone is 3. The van der Waals surface area contributed by atoms with Crippen molar-refractivity contribution in [2.75, 3.05) is 0 Å². The average Bonchev–Trinajstić information content (AvgIpc) is 2.33. The maximum Gasteiger partial charge on any atom is 0.0135 e. The van der Waals surface area contributed by atoms with E-state index in [0.717, 1.165) is 6.42 Å². The van der Waals surface area contributed by atoms with Gasteiger partial charge in [0.05, 0.1) is 0 Å². The third-order valence-electron chi connectivity index (χ3n) is 2.38. The molecule has 0 aromatic heterocycles. The van der Waals surface area contributed by atoms with Gasteiger partial charge in [-0.3, -0.25) is 0 Å². The fourth-order valence-corrected chi connectivity index (χ4v) is 1.80. The first-order valence-electron chi connectivity index (χ1n) is 5.91. The Labute approximate surface area is 107 Å². The van der Waals surface area contributed by atoms with Crippen LogP contribution in [-0.2, 0) is 0 Å². The Bertz CT molecular complexity index is 336. The van der Waals surface area contributed by atoms with Gasteiger partial charge in [-0.2, -0.15) is 0 Å². The van der Waals surface area contributed by atoms with E-state index in [0.29, 0.717) is 0 Å². The number of unbranched alkanes of at least 4 members (excludes halogenated alkanes) is 3. The molecule has 1 aromatic carbocycles. The predicted octanol–water partition coefficient (Wildman–Crippen LogP) is 5.56. The monoisotopic (exact) mass is 278 g/mol. The van der Waals surface area contributed by atoms with E-state index in [1.54, 1.807) is 0 Å². The largest absolute Gasteiger partial charge is 0.0703 e. The van der Waals surface area contributed by atoms with Crippen LogP contribution in [0.25, 0.3) is 6.08 Å². The van der Waals surface area contributed by atoms with Crippen molar-refractivity contribution in [2.45, 2.75) is 32.6 Å². The van der Waals surface area contributed by atoms with Crippen LogP contribution in [0.5, 0.6) is 0 Å². The fourth-order valence-electron chi connectivity index (χ4n) is 1.44. The molecule has 0 spiro atoms. The van der Waals surface area contributed by atoms with Gasteiger partial charge in [-0.1, -0.05) is 78.2 Å². The summed E-state index contributed by atoms with van der Waals surface area (Å²) in [6.07, 6.45) is 11.5. The Morgan fingerprint density at radius 2 is 1.94 bits per heavy atom. The van der Waals surface area contributed by atoms with Gasteiger partial charge in [0.15, 0.2) is 0 Å². The van der Waals surface area contributed by atoms with Crippen LogP contribution in [-0.4, -0.2) is 0 Å². The molecule has 0 radical (unpaired) electrons. The van der Waals surface area contributed by atoms with Gasteiger partial charge in [0, 0.05) is 4.48 Å². The molecule has 0 nitrogen and oxygen atoms in total. The lowest BCUT2D eigenvalue weighted by molar-refractivity contribution is 0.729. The van der Waals surface area contributed by atoms with Crippen LogP contribution in [0.4, 0.5) is 0 Å². The number of halogens is 1. The van der Waals surface area contributed by atoms with Crippen molar-refractivity contribution in [3.63, 3.8) is 0 Å². The van der Waals surface area contributed by atoms with Crippen molar-refractivity contribution >= 4 is 22.0 Å². The highest BCUT2D eigenvalue weighted by molar-refractivity contribution is 9.11. The van der Waals surface area contributed by atoms with Gasteiger partial charge in [0.25, 0.3) is 0 Å². The summed E-state index contributed by atoms with van der Waals surface area (Å²) in [5.41, 5.74) is 1.24. The molecule has 0 heterocycles. The van der Waals surface area contributed by atoms with E-state index in [9.17, 15) is 0 Å². The van der Waals surface area contributed by atoms with Gasteiger partial charge < -0.3 is 0 Å². The zero-order chi connectivity index (χ0) is 11.6. The molecule has 0 saturated heterocycles. The van der Waals surface area contributed by atoms with Crippen molar-refractivity contribution in [1.82, 2.24) is 0 Å². The van der Waals surface area contributed by atoms with Crippen LogP contribution in [0, 0.1) is 0 Å². The Balaban J connectivity index is 2.38. The highest BCUT2D eigenvalue weighted by Gasteiger charge is 1.87. The topological polar surface area (TPSA) is 0 Å². The maximum atomic E-state index is 3.56. The average molecular weight is 279 g/mol. The molecule has 0 fully saturated rings. The highest BCUT2D eigenvalue weighted by atomic mass is 79.9. The van der Waals surface area contributed by atoms with Crippen LogP contribution in [0.15, 0.2) is 47.0 Å². The van der Waals surface area contributed by atoms with E-state index in [-0.39, 0.29) is 0 Å². The molecule has 1 rings (SSSR count). The normalized spacial score (nSPS) is 12.2. The van der Waals surface area contributed by atoms with Crippen LogP contribution < -0.4 is 0 Å². The fraction of sp³-hybridized carbons (Fsp3) is 0.333. The minimum Gasteiger partial charge on any atom is -0.0703 e. The Morgan fingerprint density at radius 3 is 2.62 bits per heavy atom. The molecule has 0 saturated carbocycles. The van der Waals surface area contributed by atoms with Crippen LogP contribution in [0.2, 0.25) is 0 Å². The summed E-state index contributed by atoms with van der Waals surface area (Å²) in [4.78, 5) is 0. The van der Waals surface area contributed by atoms with E-state index in [1.807, 2.05) is 6.07 Å². The summed E-state index contributed by atoms with van der Waals surface area (Å²) in [6.45, 7) is 2.23. The van der Waals surface area contributed by atoms with E-state index < -0.39 is 0 Å². The second-order valence-electron chi connectivity index (χ2n) is 3.83. The van der Waals surface area contributed by atoms with Crippen LogP contribution in [0.3, 0.4) is 0 Å². The summed E-state index contributed by atoms with van der Waals surface area (Å²) in [7, 11) is 0. The quantitative estimate of drug-likeness (QED) is 0.472. The molecule has 0 amide bonds. The molecule has 0 aliphatic carbocycles. The van der Waals surface area contributed by atoms with Crippen LogP contribution in [0.1, 0.15) is 38.2 Å². The Kier molecular flexibility index (Phi) is 6.91. The second-order valence-corrected chi connectivity index (χ2v) is 4.74. The molecule has 0 aliphatic heterocycles. The standard InChI is InChI=1S/C15H19Br/c1-2-3-4-8-11-15(16)13-12-14-9-6-5-7-10-14/h5-7,9-13H,2-4,8H2,1H3/b13-12+,15-11+. The maximum absolute atomic E-state index is 3.56. The van der Waals surface area contributed by atoms with Gasteiger partial charge in [-0.05, 0) is 24.5 Å². The molecule has 16 heavy (non-hydrogen) atoms. The molecule has 1 heteroatoms. The number of rotatable bonds is 6. The van der Waals surface area contributed by atoms with Gasteiger partial charge in [-0.25, -0.2) is 0 Å². The Morgan fingerprint density at radius 1 is 1.19 bits per heavy atom. The van der Waals surface area contributed by atoms with Gasteiger partial charge in [0.2, 0.25) is 0 Å². The van der Waals surface area contributed by atoms with E-state index in [1.165, 1.54) is 29.3 Å². The molecule has 0 unspecified atom stereocenters. The lowest BCUT2D eigenvalue weighted by Crippen LogP contribution is -1.73. The van der Waals surface area contributed by atoms with Crippen molar-refractivity contribution in [1.29, 1.82) is 0 Å². The predicted molar refractivity (Wildman–Crippen MR) is 76.6 cm³/mol. The molecule has 1 aromatic rings. The number of hydrogen-bond acceptors (Lipinski definition) is 0. The van der Waals surface area contributed by atoms with Crippen molar-refractivity contribution in [2.24, 2.45) is 0 Å². The molecule has 0 aliphatic rings. The lowest BCUT2D eigenvalue weighted by Gasteiger charge is -1.94. The summed E-state index contributed by atoms with van der Waals surface area (Å²) in [6, 6.07) is 10.4. The Hall–Kier alpha value is -0.820. The zero-order valence-corrected chi connectivity index (χ0v) is 11.4. The first kappa shape index (κ1) is 13.2. The lowest BCUT2D eigenvalue weighted by atomic mass is 10.2. The van der Waals surface area contributed by atoms with E-state index in [2.05, 4.69) is 65.3 Å². The van der Waals surface area contributed by atoms with Crippen molar-refractivity contribution in [3.8, 4) is 0 Å². The molecule has 0 bridgehead atoms. The van der Waals surface area contributed by atoms with Gasteiger partial charge >= 0.3 is 0 Å². The van der Waals surface area contributed by atoms with E-state index in [4.69, 9.17) is 0 Å². The zero-order valence-electron chi connectivity index (χ0n) is 9.83. The van der Waals surface area contributed by atoms with Crippen molar-refractivity contribution in [3.05, 3.63) is 52.5 Å². The van der Waals surface area contributed by atoms with Gasteiger partial charge in [0.1, 0.15) is 0 Å². The SMILES string of the molecule is CCCCC/C=C(Br)\C=C\c1ccccc1. The molecular weight excluding hydrogens is 260 g/mol. The van der Waals surface area contributed by atoms with Crippen LogP contribution >= 0.6 is 15.9 Å². The smallest absolute Gasteiger partial charge is 0.0135 e. The minimum atomic E-state index is 1.16. The summed E-state index contributed by atoms with van der Waals surface area (Å²) < 4.78 is 1.17. The first-order valence-corrected chi connectivity index (χ1v) is 6.71. The summed E-state index contributed by atoms with van der Waals surface area (Å²) in [5, 5.41) is 0. The minimum absolute atomic E-state index is 1.16. The summed E-state index contributed by atoms with van der Waals surface area (Å²) in [5.74, 6) is 0. The highest BCUT2D eigenvalue weighted by Crippen LogP contribution is 2.13. The molecule has 0 atom stereocenters. The molecule has 0 N–H and O–H groups in total. The molecule has 86 valence electrons. The second kappa shape index (κ2) is 8.35.